The van der Waals surface area contributed by atoms with Crippen LogP contribution in [0.5, 0.6) is 0 Å². The van der Waals surface area contributed by atoms with E-state index in [9.17, 15) is 0 Å². The monoisotopic (exact) mass is 615 g/mol. The predicted octanol–water partition coefficient (Wildman–Crippen LogP) is 11.9. The van der Waals surface area contributed by atoms with Gasteiger partial charge in [-0.2, -0.15) is 0 Å². The molecule has 218 valence electrons. The summed E-state index contributed by atoms with van der Waals surface area (Å²) in [6.07, 6.45) is 0. The Kier molecular flexibility index (Phi) is 5.74. The molecule has 10 rings (SSSR count). The van der Waals surface area contributed by atoms with Crippen molar-refractivity contribution in [3.8, 4) is 34.2 Å². The van der Waals surface area contributed by atoms with E-state index in [1.54, 1.807) is 11.3 Å². The highest BCUT2D eigenvalue weighted by Crippen LogP contribution is 2.40. The zero-order chi connectivity index (χ0) is 30.9. The van der Waals surface area contributed by atoms with Crippen molar-refractivity contribution in [2.75, 3.05) is 0 Å². The fourth-order valence-electron chi connectivity index (χ4n) is 7.06. The standard InChI is InChI=1S/C43H25N3S/c1-2-10-28(11-3-1)41-44-42(46-43(45-41)37-15-8-14-36-34-13-6-7-16-38(34)47-40(36)37)30-21-22-32-29(25-30)18-17-27-20-23-33-31-12-5-4-9-26(31)19-24-35(33)39(27)32/h1-25H. The van der Waals surface area contributed by atoms with Crippen molar-refractivity contribution >= 4 is 74.6 Å². The molecule has 8 aromatic carbocycles. The molecule has 0 aliphatic rings. The fourth-order valence-corrected chi connectivity index (χ4v) is 8.27. The van der Waals surface area contributed by atoms with Crippen LogP contribution in [0.4, 0.5) is 0 Å². The summed E-state index contributed by atoms with van der Waals surface area (Å²) in [5.74, 6) is 2.01. The van der Waals surface area contributed by atoms with Crippen LogP contribution in [-0.2, 0) is 0 Å². The summed E-state index contributed by atoms with van der Waals surface area (Å²) in [5, 5.41) is 12.5. The zero-order valence-corrected chi connectivity index (χ0v) is 26.0. The third-order valence-corrected chi connectivity index (χ3v) is 10.5. The number of hydrogen-bond acceptors (Lipinski definition) is 4. The van der Waals surface area contributed by atoms with Gasteiger partial charge in [0.25, 0.3) is 0 Å². The molecule has 0 saturated carbocycles. The van der Waals surface area contributed by atoms with Crippen LogP contribution < -0.4 is 0 Å². The summed E-state index contributed by atoms with van der Waals surface area (Å²) >= 11 is 1.79. The summed E-state index contributed by atoms with van der Waals surface area (Å²) in [6, 6.07) is 53.9. The third kappa shape index (κ3) is 4.16. The molecular formula is C43H25N3S. The Morgan fingerprint density at radius 1 is 0.362 bits per heavy atom. The van der Waals surface area contributed by atoms with E-state index in [4.69, 9.17) is 15.0 Å². The lowest BCUT2D eigenvalue weighted by molar-refractivity contribution is 1.08. The first-order valence-electron chi connectivity index (χ1n) is 15.8. The van der Waals surface area contributed by atoms with Crippen LogP contribution >= 0.6 is 11.3 Å². The Labute approximate surface area is 274 Å². The van der Waals surface area contributed by atoms with Crippen molar-refractivity contribution in [2.24, 2.45) is 0 Å². The first-order valence-corrected chi connectivity index (χ1v) is 16.6. The molecule has 4 heteroatoms. The van der Waals surface area contributed by atoms with Gasteiger partial charge in [-0.05, 0) is 61.3 Å². The Balaban J connectivity index is 1.20. The lowest BCUT2D eigenvalue weighted by Crippen LogP contribution is -2.00. The molecule has 47 heavy (non-hydrogen) atoms. The molecule has 0 atom stereocenters. The van der Waals surface area contributed by atoms with E-state index in [0.717, 1.165) is 22.1 Å². The van der Waals surface area contributed by atoms with Crippen LogP contribution in [0.15, 0.2) is 152 Å². The van der Waals surface area contributed by atoms with Gasteiger partial charge < -0.3 is 0 Å². The van der Waals surface area contributed by atoms with E-state index in [1.165, 1.54) is 57.9 Å². The first kappa shape index (κ1) is 26.3. The van der Waals surface area contributed by atoms with Gasteiger partial charge in [-0.25, -0.2) is 15.0 Å². The molecule has 0 N–H and O–H groups in total. The average Bonchev–Trinajstić information content (AvgIpc) is 3.53. The second kappa shape index (κ2) is 10.3. The van der Waals surface area contributed by atoms with Crippen LogP contribution in [0.25, 0.3) is 97.4 Å². The van der Waals surface area contributed by atoms with Crippen molar-refractivity contribution in [1.29, 1.82) is 0 Å². The highest BCUT2D eigenvalue weighted by atomic mass is 32.1. The minimum absolute atomic E-state index is 0.665. The molecule has 0 bridgehead atoms. The first-order chi connectivity index (χ1) is 23.3. The Hall–Kier alpha value is -5.97. The van der Waals surface area contributed by atoms with Gasteiger partial charge in [0.15, 0.2) is 17.5 Å². The number of hydrogen-bond donors (Lipinski definition) is 0. The molecule has 0 aliphatic carbocycles. The summed E-state index contributed by atoms with van der Waals surface area (Å²) in [4.78, 5) is 15.3. The molecule has 2 heterocycles. The number of rotatable bonds is 3. The van der Waals surface area contributed by atoms with Crippen molar-refractivity contribution in [3.05, 3.63) is 152 Å². The van der Waals surface area contributed by atoms with Crippen molar-refractivity contribution in [2.45, 2.75) is 0 Å². The molecule has 3 nitrogen and oxygen atoms in total. The molecule has 0 fully saturated rings. The second-order valence-corrected chi connectivity index (χ2v) is 13.1. The Morgan fingerprint density at radius 2 is 1.02 bits per heavy atom. The molecule has 0 aliphatic heterocycles. The smallest absolute Gasteiger partial charge is 0.165 e. The van der Waals surface area contributed by atoms with Gasteiger partial charge in [0.05, 0.1) is 0 Å². The number of fused-ring (bicyclic) bond motifs is 10. The van der Waals surface area contributed by atoms with Gasteiger partial charge in [0.1, 0.15) is 0 Å². The lowest BCUT2D eigenvalue weighted by Gasteiger charge is -2.12. The Bertz CT molecular complexity index is 2850. The highest BCUT2D eigenvalue weighted by Gasteiger charge is 2.17. The van der Waals surface area contributed by atoms with Crippen molar-refractivity contribution in [3.63, 3.8) is 0 Å². The maximum absolute atomic E-state index is 5.16. The number of benzene rings is 8. The SMILES string of the molecule is c1ccc(-c2nc(-c3ccc4c(ccc5ccc6c7ccccc7ccc6c54)c3)nc(-c3cccc4c3sc3ccccc34)n2)cc1. The van der Waals surface area contributed by atoms with E-state index in [1.807, 2.05) is 18.2 Å². The minimum atomic E-state index is 0.665. The summed E-state index contributed by atoms with van der Waals surface area (Å²) in [7, 11) is 0. The van der Waals surface area contributed by atoms with E-state index in [0.29, 0.717) is 17.5 Å². The fraction of sp³-hybridized carbons (Fsp3) is 0. The van der Waals surface area contributed by atoms with E-state index >= 15 is 0 Å². The number of aromatic nitrogens is 3. The largest absolute Gasteiger partial charge is 0.208 e. The maximum Gasteiger partial charge on any atom is 0.165 e. The van der Waals surface area contributed by atoms with Crippen molar-refractivity contribution < 1.29 is 0 Å². The zero-order valence-electron chi connectivity index (χ0n) is 25.2. The van der Waals surface area contributed by atoms with Gasteiger partial charge in [-0.1, -0.05) is 133 Å². The van der Waals surface area contributed by atoms with Crippen molar-refractivity contribution in [1.82, 2.24) is 15.0 Å². The van der Waals surface area contributed by atoms with Crippen LogP contribution in [0.3, 0.4) is 0 Å². The lowest BCUT2D eigenvalue weighted by atomic mass is 9.93. The Morgan fingerprint density at radius 3 is 1.94 bits per heavy atom. The number of thiophene rings is 1. The molecule has 0 radical (unpaired) electrons. The van der Waals surface area contributed by atoms with Gasteiger partial charge in [0, 0.05) is 36.9 Å². The highest BCUT2D eigenvalue weighted by molar-refractivity contribution is 7.26. The molecule has 0 unspecified atom stereocenters. The van der Waals surface area contributed by atoms with E-state index < -0.39 is 0 Å². The molecule has 0 spiro atoms. The molecule has 10 aromatic rings. The van der Waals surface area contributed by atoms with Crippen LogP contribution in [0.2, 0.25) is 0 Å². The summed E-state index contributed by atoms with van der Waals surface area (Å²) < 4.78 is 2.45. The van der Waals surface area contributed by atoms with Crippen LogP contribution in [0, 0.1) is 0 Å². The average molecular weight is 616 g/mol. The van der Waals surface area contributed by atoms with Gasteiger partial charge in [-0.3, -0.25) is 0 Å². The predicted molar refractivity (Wildman–Crippen MR) is 199 cm³/mol. The third-order valence-electron chi connectivity index (χ3n) is 9.29. The van der Waals surface area contributed by atoms with Gasteiger partial charge in [0.2, 0.25) is 0 Å². The van der Waals surface area contributed by atoms with E-state index in [-0.39, 0.29) is 0 Å². The molecular weight excluding hydrogens is 591 g/mol. The van der Waals surface area contributed by atoms with Gasteiger partial charge >= 0.3 is 0 Å². The maximum atomic E-state index is 5.16. The summed E-state index contributed by atoms with van der Waals surface area (Å²) in [6.45, 7) is 0. The van der Waals surface area contributed by atoms with Crippen LogP contribution in [0.1, 0.15) is 0 Å². The topological polar surface area (TPSA) is 38.7 Å². The van der Waals surface area contributed by atoms with Crippen LogP contribution in [-0.4, -0.2) is 15.0 Å². The summed E-state index contributed by atoms with van der Waals surface area (Å²) in [5.41, 5.74) is 2.95. The second-order valence-electron chi connectivity index (χ2n) is 12.0. The minimum Gasteiger partial charge on any atom is -0.208 e. The molecule has 0 saturated heterocycles. The quantitative estimate of drug-likeness (QED) is 0.186. The normalized spacial score (nSPS) is 11.8. The van der Waals surface area contributed by atoms with Gasteiger partial charge in [-0.15, -0.1) is 11.3 Å². The molecule has 2 aromatic heterocycles. The van der Waals surface area contributed by atoms with E-state index in [2.05, 4.69) is 133 Å². The number of nitrogens with zero attached hydrogens (tertiary/aromatic N) is 3. The molecule has 0 amide bonds.